The van der Waals surface area contributed by atoms with E-state index in [0.717, 1.165) is 22.3 Å². The first kappa shape index (κ1) is 20.8. The SMILES string of the molecule is COC(=O)C1=C(C(=O)OC)C2(C(C)(C)CC(=O)O)c3ccccc3C1c1ccccc12. The predicted octanol–water partition coefficient (Wildman–Crippen LogP) is 3.58. The molecular weight excluding hydrogens is 396 g/mol. The van der Waals surface area contributed by atoms with Gasteiger partial charge in [-0.05, 0) is 27.7 Å². The first-order valence-electron chi connectivity index (χ1n) is 10.0. The zero-order valence-electron chi connectivity index (χ0n) is 17.9. The average Bonchev–Trinajstić information content (AvgIpc) is 2.76. The van der Waals surface area contributed by atoms with Crippen molar-refractivity contribution in [3.8, 4) is 0 Å². The molecule has 0 radical (unpaired) electrons. The summed E-state index contributed by atoms with van der Waals surface area (Å²) in [7, 11) is 2.54. The largest absolute Gasteiger partial charge is 0.481 e. The van der Waals surface area contributed by atoms with E-state index >= 15 is 0 Å². The fraction of sp³-hybridized carbons (Fsp3) is 0.320. The average molecular weight is 420 g/mol. The number of carboxylic acids is 1. The molecule has 160 valence electrons. The number of esters is 2. The molecule has 0 saturated carbocycles. The highest BCUT2D eigenvalue weighted by molar-refractivity contribution is 6.07. The van der Waals surface area contributed by atoms with E-state index in [9.17, 15) is 19.5 Å². The second-order valence-electron chi connectivity index (χ2n) is 8.58. The van der Waals surface area contributed by atoms with Gasteiger partial charge in [0.25, 0.3) is 0 Å². The quantitative estimate of drug-likeness (QED) is 0.744. The van der Waals surface area contributed by atoms with Gasteiger partial charge >= 0.3 is 17.9 Å². The van der Waals surface area contributed by atoms with Gasteiger partial charge in [-0.3, -0.25) is 4.79 Å². The van der Waals surface area contributed by atoms with Crippen LogP contribution >= 0.6 is 0 Å². The van der Waals surface area contributed by atoms with Gasteiger partial charge in [0, 0.05) is 5.92 Å². The highest BCUT2D eigenvalue weighted by Crippen LogP contribution is 2.65. The van der Waals surface area contributed by atoms with E-state index in [-0.39, 0.29) is 17.6 Å². The molecular formula is C25H24O6. The highest BCUT2D eigenvalue weighted by atomic mass is 16.5. The Morgan fingerprint density at radius 3 is 1.84 bits per heavy atom. The molecule has 1 N–H and O–H groups in total. The van der Waals surface area contributed by atoms with Gasteiger partial charge in [0.15, 0.2) is 0 Å². The number of carbonyl (C=O) groups excluding carboxylic acids is 2. The van der Waals surface area contributed by atoms with Crippen molar-refractivity contribution >= 4 is 17.9 Å². The fourth-order valence-electron chi connectivity index (χ4n) is 5.69. The van der Waals surface area contributed by atoms with Crippen molar-refractivity contribution in [2.75, 3.05) is 14.2 Å². The molecule has 0 heterocycles. The van der Waals surface area contributed by atoms with E-state index < -0.39 is 34.7 Å². The van der Waals surface area contributed by atoms with E-state index in [4.69, 9.17) is 9.47 Å². The molecule has 31 heavy (non-hydrogen) atoms. The van der Waals surface area contributed by atoms with E-state index in [0.29, 0.717) is 0 Å². The van der Waals surface area contributed by atoms with Crippen LogP contribution < -0.4 is 0 Å². The number of ether oxygens (including phenoxy) is 2. The van der Waals surface area contributed by atoms with Gasteiger partial charge in [-0.15, -0.1) is 0 Å². The smallest absolute Gasteiger partial charge is 0.335 e. The van der Waals surface area contributed by atoms with Gasteiger partial charge in [-0.2, -0.15) is 0 Å². The molecule has 5 rings (SSSR count). The van der Waals surface area contributed by atoms with Crippen LogP contribution in [-0.2, 0) is 29.3 Å². The maximum absolute atomic E-state index is 13.3. The van der Waals surface area contributed by atoms with Crippen LogP contribution in [0.2, 0.25) is 0 Å². The molecule has 0 fully saturated rings. The number of methoxy groups -OCH3 is 2. The summed E-state index contributed by atoms with van der Waals surface area (Å²) in [5.74, 6) is -2.78. The monoisotopic (exact) mass is 420 g/mol. The van der Waals surface area contributed by atoms with Crippen LogP contribution in [0, 0.1) is 5.41 Å². The molecule has 0 atom stereocenters. The molecule has 2 aromatic carbocycles. The van der Waals surface area contributed by atoms with Gasteiger partial charge in [-0.1, -0.05) is 62.4 Å². The first-order valence-corrected chi connectivity index (χ1v) is 10.0. The third-order valence-corrected chi connectivity index (χ3v) is 6.69. The zero-order chi connectivity index (χ0) is 22.6. The van der Waals surface area contributed by atoms with Gasteiger partial charge in [0.1, 0.15) is 0 Å². The Labute approximate surface area is 180 Å². The minimum Gasteiger partial charge on any atom is -0.481 e. The number of aliphatic carboxylic acids is 1. The van der Waals surface area contributed by atoms with Crippen molar-refractivity contribution in [1.82, 2.24) is 0 Å². The van der Waals surface area contributed by atoms with Crippen LogP contribution in [0.4, 0.5) is 0 Å². The molecule has 3 aliphatic carbocycles. The van der Waals surface area contributed by atoms with Crippen LogP contribution in [0.1, 0.15) is 48.4 Å². The minimum atomic E-state index is -1.20. The Morgan fingerprint density at radius 1 is 0.903 bits per heavy atom. The van der Waals surface area contributed by atoms with E-state index in [2.05, 4.69) is 0 Å². The van der Waals surface area contributed by atoms with E-state index in [1.165, 1.54) is 14.2 Å². The Kier molecular flexibility index (Phi) is 4.76. The van der Waals surface area contributed by atoms with E-state index in [1.807, 2.05) is 62.4 Å². The van der Waals surface area contributed by atoms with Crippen LogP contribution in [0.25, 0.3) is 0 Å². The molecule has 0 unspecified atom stereocenters. The predicted molar refractivity (Wildman–Crippen MR) is 113 cm³/mol. The number of benzene rings is 2. The molecule has 2 aromatic rings. The Morgan fingerprint density at radius 2 is 1.39 bits per heavy atom. The van der Waals surface area contributed by atoms with Crippen LogP contribution in [0.15, 0.2) is 59.7 Å². The molecule has 0 aromatic heterocycles. The third kappa shape index (κ3) is 2.60. The minimum absolute atomic E-state index is 0.163. The summed E-state index contributed by atoms with van der Waals surface area (Å²) >= 11 is 0. The molecule has 0 amide bonds. The molecule has 0 aliphatic heterocycles. The number of hydrogen-bond acceptors (Lipinski definition) is 5. The standard InChI is InChI=1S/C25H24O6/c1-24(2,13-18(26)27)25-16-11-7-5-9-14(16)19(15-10-6-8-12-17(15)25)20(22(28)30-3)21(25)23(29)31-4/h5-12,19H,13H2,1-4H3,(H,26,27). The van der Waals surface area contributed by atoms with Gasteiger partial charge in [0.2, 0.25) is 0 Å². The Balaban J connectivity index is 2.26. The maximum Gasteiger partial charge on any atom is 0.335 e. The van der Waals surface area contributed by atoms with Crippen LogP contribution in [0.3, 0.4) is 0 Å². The van der Waals surface area contributed by atoms with E-state index in [1.54, 1.807) is 0 Å². The second kappa shape index (κ2) is 7.08. The molecule has 0 saturated heterocycles. The lowest BCUT2D eigenvalue weighted by Crippen LogP contribution is -2.55. The first-order chi connectivity index (χ1) is 14.7. The lowest BCUT2D eigenvalue weighted by Gasteiger charge is -2.56. The van der Waals surface area contributed by atoms with Gasteiger partial charge in [-0.25, -0.2) is 9.59 Å². The number of carboxylic acid groups (broad SMARTS) is 1. The molecule has 2 bridgehead atoms. The summed E-state index contributed by atoms with van der Waals surface area (Å²) in [4.78, 5) is 38.4. The highest BCUT2D eigenvalue weighted by Gasteiger charge is 2.63. The van der Waals surface area contributed by atoms with Crippen LogP contribution in [0.5, 0.6) is 0 Å². The zero-order valence-corrected chi connectivity index (χ0v) is 17.9. The van der Waals surface area contributed by atoms with Gasteiger partial charge in [0.05, 0.1) is 37.2 Å². The number of carbonyl (C=O) groups is 3. The second-order valence-corrected chi connectivity index (χ2v) is 8.58. The summed E-state index contributed by atoms with van der Waals surface area (Å²) in [6, 6.07) is 15.2. The topological polar surface area (TPSA) is 89.9 Å². The van der Waals surface area contributed by atoms with Crippen molar-refractivity contribution in [2.45, 2.75) is 31.6 Å². The molecule has 6 nitrogen and oxygen atoms in total. The third-order valence-electron chi connectivity index (χ3n) is 6.69. The van der Waals surface area contributed by atoms with Crippen molar-refractivity contribution in [1.29, 1.82) is 0 Å². The lowest BCUT2D eigenvalue weighted by atomic mass is 9.44. The molecule has 0 spiro atoms. The van der Waals surface area contributed by atoms with Gasteiger partial charge < -0.3 is 14.6 Å². The molecule has 3 aliphatic rings. The fourth-order valence-corrected chi connectivity index (χ4v) is 5.69. The Bertz CT molecular complexity index is 1090. The summed E-state index contributed by atoms with van der Waals surface area (Å²) in [5, 5.41) is 9.78. The summed E-state index contributed by atoms with van der Waals surface area (Å²) in [6.07, 6.45) is -0.227. The normalized spacial score (nSPS) is 21.2. The summed E-state index contributed by atoms with van der Waals surface area (Å²) < 4.78 is 10.3. The summed E-state index contributed by atoms with van der Waals surface area (Å²) in [5.41, 5.74) is 1.56. The lowest BCUT2D eigenvalue weighted by molar-refractivity contribution is -0.143. The molecule has 6 heteroatoms. The summed E-state index contributed by atoms with van der Waals surface area (Å²) in [6.45, 7) is 3.64. The van der Waals surface area contributed by atoms with Crippen molar-refractivity contribution in [3.63, 3.8) is 0 Å². The van der Waals surface area contributed by atoms with Crippen molar-refractivity contribution in [2.24, 2.45) is 5.41 Å². The van der Waals surface area contributed by atoms with Crippen molar-refractivity contribution in [3.05, 3.63) is 81.9 Å². The number of rotatable bonds is 5. The van der Waals surface area contributed by atoms with Crippen LogP contribution in [-0.4, -0.2) is 37.2 Å². The number of hydrogen-bond donors (Lipinski definition) is 1. The Hall–Kier alpha value is -3.41. The van der Waals surface area contributed by atoms with Crippen molar-refractivity contribution < 1.29 is 29.0 Å². The maximum atomic E-state index is 13.3.